The summed E-state index contributed by atoms with van der Waals surface area (Å²) in [7, 11) is 0. The minimum Gasteiger partial charge on any atom is -0.306 e. The third-order valence-corrected chi connectivity index (χ3v) is 3.02. The van der Waals surface area contributed by atoms with Crippen LogP contribution in [0.25, 0.3) is 0 Å². The fourth-order valence-corrected chi connectivity index (χ4v) is 2.00. The molecule has 0 saturated carbocycles. The number of hydrogen-bond acceptors (Lipinski definition) is 3. The smallest absolute Gasteiger partial charge is 0.141 e. The van der Waals surface area contributed by atoms with Gasteiger partial charge in [0.15, 0.2) is 0 Å². The van der Waals surface area contributed by atoms with Crippen LogP contribution in [-0.4, -0.2) is 14.8 Å². The second kappa shape index (κ2) is 6.12. The maximum Gasteiger partial charge on any atom is 0.141 e. The van der Waals surface area contributed by atoms with E-state index in [0.717, 1.165) is 11.4 Å². The number of hydrogen-bond donors (Lipinski definition) is 1. The van der Waals surface area contributed by atoms with Crippen LogP contribution in [0.3, 0.4) is 0 Å². The molecule has 0 spiro atoms. The SMILES string of the molecule is CC(C)n1ncnc1CNCc1ccc(F)c(Cl)c1. The molecule has 0 unspecified atom stereocenters. The van der Waals surface area contributed by atoms with E-state index >= 15 is 0 Å². The van der Waals surface area contributed by atoms with E-state index < -0.39 is 5.82 Å². The van der Waals surface area contributed by atoms with Gasteiger partial charge in [0.1, 0.15) is 18.0 Å². The molecule has 6 heteroatoms. The fraction of sp³-hybridized carbons (Fsp3) is 0.385. The molecule has 1 aromatic carbocycles. The Morgan fingerprint density at radius 1 is 1.37 bits per heavy atom. The maximum absolute atomic E-state index is 13.0. The highest BCUT2D eigenvalue weighted by atomic mass is 35.5. The van der Waals surface area contributed by atoms with Crippen molar-refractivity contribution in [1.29, 1.82) is 0 Å². The molecular weight excluding hydrogens is 267 g/mol. The summed E-state index contributed by atoms with van der Waals surface area (Å²) in [5, 5.41) is 7.55. The number of nitrogens with zero attached hydrogens (tertiary/aromatic N) is 3. The van der Waals surface area contributed by atoms with Crippen LogP contribution in [-0.2, 0) is 13.1 Å². The monoisotopic (exact) mass is 282 g/mol. The summed E-state index contributed by atoms with van der Waals surface area (Å²) in [6, 6.07) is 4.98. The largest absolute Gasteiger partial charge is 0.306 e. The number of halogens is 2. The second-order valence-corrected chi connectivity index (χ2v) is 4.97. The lowest BCUT2D eigenvalue weighted by atomic mass is 10.2. The zero-order valence-corrected chi connectivity index (χ0v) is 11.7. The topological polar surface area (TPSA) is 42.7 Å². The molecule has 0 bridgehead atoms. The molecular formula is C13H16ClFN4. The summed E-state index contributed by atoms with van der Waals surface area (Å²) in [6.45, 7) is 5.31. The van der Waals surface area contributed by atoms with Gasteiger partial charge >= 0.3 is 0 Å². The molecule has 0 radical (unpaired) electrons. The molecule has 2 aromatic rings. The molecule has 0 atom stereocenters. The van der Waals surface area contributed by atoms with Crippen LogP contribution < -0.4 is 5.32 Å². The lowest BCUT2D eigenvalue weighted by Crippen LogP contribution is -2.18. The quantitative estimate of drug-likeness (QED) is 0.917. The van der Waals surface area contributed by atoms with Crippen LogP contribution in [0.4, 0.5) is 4.39 Å². The molecule has 1 heterocycles. The van der Waals surface area contributed by atoms with E-state index in [2.05, 4.69) is 29.2 Å². The maximum atomic E-state index is 13.0. The molecule has 102 valence electrons. The first-order valence-electron chi connectivity index (χ1n) is 6.11. The lowest BCUT2D eigenvalue weighted by Gasteiger charge is -2.10. The fourth-order valence-electron chi connectivity index (χ4n) is 1.80. The van der Waals surface area contributed by atoms with E-state index in [9.17, 15) is 4.39 Å². The van der Waals surface area contributed by atoms with Gasteiger partial charge in [-0.05, 0) is 31.5 Å². The molecule has 0 fully saturated rings. The highest BCUT2D eigenvalue weighted by molar-refractivity contribution is 6.30. The van der Waals surface area contributed by atoms with Crippen molar-refractivity contribution in [2.24, 2.45) is 0 Å². The van der Waals surface area contributed by atoms with E-state index in [1.165, 1.54) is 6.07 Å². The predicted molar refractivity (Wildman–Crippen MR) is 72.4 cm³/mol. The Balaban J connectivity index is 1.92. The molecule has 0 aliphatic heterocycles. The second-order valence-electron chi connectivity index (χ2n) is 4.57. The Labute approximate surface area is 116 Å². The zero-order chi connectivity index (χ0) is 13.8. The first-order chi connectivity index (χ1) is 9.08. The minimum absolute atomic E-state index is 0.143. The van der Waals surface area contributed by atoms with E-state index in [1.807, 2.05) is 4.68 Å². The van der Waals surface area contributed by atoms with Crippen LogP contribution in [0.1, 0.15) is 31.3 Å². The van der Waals surface area contributed by atoms with E-state index in [1.54, 1.807) is 18.5 Å². The van der Waals surface area contributed by atoms with E-state index in [4.69, 9.17) is 11.6 Å². The van der Waals surface area contributed by atoms with Crippen LogP contribution >= 0.6 is 11.6 Å². The van der Waals surface area contributed by atoms with Crippen molar-refractivity contribution in [3.8, 4) is 0 Å². The molecule has 1 N–H and O–H groups in total. The first-order valence-corrected chi connectivity index (χ1v) is 6.48. The van der Waals surface area contributed by atoms with Crippen LogP contribution in [0.2, 0.25) is 5.02 Å². The van der Waals surface area contributed by atoms with Gasteiger partial charge in [0.05, 0.1) is 11.6 Å². The van der Waals surface area contributed by atoms with E-state index in [0.29, 0.717) is 13.1 Å². The van der Waals surface area contributed by atoms with Gasteiger partial charge < -0.3 is 5.32 Å². The van der Waals surface area contributed by atoms with Crippen molar-refractivity contribution >= 4 is 11.6 Å². The zero-order valence-electron chi connectivity index (χ0n) is 10.9. The molecule has 1 aromatic heterocycles. The standard InChI is InChI=1S/C13H16ClFN4/c1-9(2)19-13(17-8-18-19)7-16-6-10-3-4-12(15)11(14)5-10/h3-5,8-9,16H,6-7H2,1-2H3. The molecule has 0 saturated heterocycles. The Morgan fingerprint density at radius 2 is 2.16 bits per heavy atom. The predicted octanol–water partition coefficient (Wildman–Crippen LogP) is 2.94. The van der Waals surface area contributed by atoms with Crippen molar-refractivity contribution in [3.63, 3.8) is 0 Å². The Morgan fingerprint density at radius 3 is 2.84 bits per heavy atom. The summed E-state index contributed by atoms with van der Waals surface area (Å²) < 4.78 is 14.9. The number of rotatable bonds is 5. The van der Waals surface area contributed by atoms with Crippen LogP contribution in [0, 0.1) is 5.82 Å². The molecule has 2 rings (SSSR count). The average molecular weight is 283 g/mol. The third-order valence-electron chi connectivity index (χ3n) is 2.73. The Kier molecular flexibility index (Phi) is 4.50. The number of benzene rings is 1. The number of aromatic nitrogens is 3. The summed E-state index contributed by atoms with van der Waals surface area (Å²) in [6.07, 6.45) is 1.55. The van der Waals surface area contributed by atoms with Crippen LogP contribution in [0.15, 0.2) is 24.5 Å². The molecule has 0 aliphatic carbocycles. The first kappa shape index (κ1) is 14.0. The summed E-state index contributed by atoms with van der Waals surface area (Å²) in [5.41, 5.74) is 0.932. The van der Waals surface area contributed by atoms with Gasteiger partial charge in [0, 0.05) is 12.6 Å². The van der Waals surface area contributed by atoms with Crippen LogP contribution in [0.5, 0.6) is 0 Å². The van der Waals surface area contributed by atoms with E-state index in [-0.39, 0.29) is 11.1 Å². The van der Waals surface area contributed by atoms with Gasteiger partial charge in [-0.1, -0.05) is 17.7 Å². The van der Waals surface area contributed by atoms with Gasteiger partial charge in [0.2, 0.25) is 0 Å². The van der Waals surface area contributed by atoms with Crippen molar-refractivity contribution in [2.75, 3.05) is 0 Å². The normalized spacial score (nSPS) is 11.2. The summed E-state index contributed by atoms with van der Waals surface area (Å²) >= 11 is 5.73. The minimum atomic E-state index is -0.398. The molecule has 19 heavy (non-hydrogen) atoms. The van der Waals surface area contributed by atoms with Crippen molar-refractivity contribution < 1.29 is 4.39 Å². The van der Waals surface area contributed by atoms with Gasteiger partial charge in [-0.2, -0.15) is 5.10 Å². The van der Waals surface area contributed by atoms with Gasteiger partial charge in [-0.15, -0.1) is 0 Å². The highest BCUT2D eigenvalue weighted by Crippen LogP contribution is 2.15. The molecule has 0 aliphatic rings. The Hall–Kier alpha value is -1.46. The van der Waals surface area contributed by atoms with Crippen molar-refractivity contribution in [3.05, 3.63) is 46.8 Å². The summed E-state index contributed by atoms with van der Waals surface area (Å²) in [4.78, 5) is 4.20. The van der Waals surface area contributed by atoms with Crippen molar-refractivity contribution in [1.82, 2.24) is 20.1 Å². The number of nitrogens with one attached hydrogen (secondary N) is 1. The molecule has 4 nitrogen and oxygen atoms in total. The third kappa shape index (κ3) is 3.52. The Bertz CT molecular complexity index is 553. The summed E-state index contributed by atoms with van der Waals surface area (Å²) in [5.74, 6) is 0.480. The van der Waals surface area contributed by atoms with Gasteiger partial charge in [-0.25, -0.2) is 14.1 Å². The van der Waals surface area contributed by atoms with Gasteiger partial charge in [0.25, 0.3) is 0 Å². The average Bonchev–Trinajstić information content (AvgIpc) is 2.82. The lowest BCUT2D eigenvalue weighted by molar-refractivity contribution is 0.490. The highest BCUT2D eigenvalue weighted by Gasteiger charge is 2.07. The van der Waals surface area contributed by atoms with Gasteiger partial charge in [-0.3, -0.25) is 0 Å². The molecule has 0 amide bonds. The van der Waals surface area contributed by atoms with Crippen molar-refractivity contribution in [2.45, 2.75) is 33.0 Å².